The molecule has 136 valence electrons. The minimum absolute atomic E-state index is 0.00988. The van der Waals surface area contributed by atoms with Gasteiger partial charge in [-0.2, -0.15) is 0 Å². The molecular weight excluding hydrogens is 324 g/mol. The van der Waals surface area contributed by atoms with Gasteiger partial charge in [0.25, 0.3) is 5.91 Å². The molecular formula is C21H26N4O. The van der Waals surface area contributed by atoms with Crippen molar-refractivity contribution >= 4 is 16.8 Å². The molecule has 0 bridgehead atoms. The average Bonchev–Trinajstić information content (AvgIpc) is 3.10. The van der Waals surface area contributed by atoms with Crippen LogP contribution in [-0.4, -0.2) is 31.5 Å². The smallest absolute Gasteiger partial charge is 0.256 e. The van der Waals surface area contributed by atoms with Crippen molar-refractivity contribution in [1.82, 2.24) is 19.0 Å². The molecule has 0 aliphatic carbocycles. The maximum atomic E-state index is 13.2. The van der Waals surface area contributed by atoms with E-state index >= 15 is 0 Å². The number of carbonyl (C=O) groups is 1. The SMILES string of the molecule is Cc1c(CN2CCc3c(c4ccccc4n3C)C2=O)ncn1C(C)(C)C. The van der Waals surface area contributed by atoms with Gasteiger partial charge >= 0.3 is 0 Å². The first kappa shape index (κ1) is 16.9. The fourth-order valence-corrected chi connectivity index (χ4v) is 4.09. The van der Waals surface area contributed by atoms with Gasteiger partial charge in [0.05, 0.1) is 24.1 Å². The zero-order chi connectivity index (χ0) is 18.6. The normalized spacial score (nSPS) is 15.0. The molecule has 2 aromatic heterocycles. The van der Waals surface area contributed by atoms with E-state index in [1.165, 1.54) is 0 Å². The highest BCUT2D eigenvalue weighted by molar-refractivity contribution is 6.09. The Morgan fingerprint density at radius 3 is 2.62 bits per heavy atom. The summed E-state index contributed by atoms with van der Waals surface area (Å²) in [6.07, 6.45) is 2.77. The van der Waals surface area contributed by atoms with E-state index in [0.717, 1.165) is 46.5 Å². The number of para-hydroxylation sites is 1. The number of nitrogens with zero attached hydrogens (tertiary/aromatic N) is 4. The van der Waals surface area contributed by atoms with Gasteiger partial charge in [-0.25, -0.2) is 4.98 Å². The number of hydrogen-bond acceptors (Lipinski definition) is 2. The summed E-state index contributed by atoms with van der Waals surface area (Å²) >= 11 is 0. The third-order valence-corrected chi connectivity index (χ3v) is 5.52. The molecule has 26 heavy (non-hydrogen) atoms. The van der Waals surface area contributed by atoms with Crippen LogP contribution in [0, 0.1) is 6.92 Å². The Kier molecular flexibility index (Phi) is 3.72. The summed E-state index contributed by atoms with van der Waals surface area (Å²) in [7, 11) is 2.05. The molecule has 1 aromatic carbocycles. The predicted octanol–water partition coefficient (Wildman–Crippen LogP) is 3.64. The Labute approximate surface area is 154 Å². The highest BCUT2D eigenvalue weighted by Gasteiger charge is 2.30. The Balaban J connectivity index is 1.69. The predicted molar refractivity (Wildman–Crippen MR) is 103 cm³/mol. The Bertz CT molecular complexity index is 1000. The van der Waals surface area contributed by atoms with Crippen LogP contribution >= 0.6 is 0 Å². The van der Waals surface area contributed by atoms with Gasteiger partial charge in [0.15, 0.2) is 0 Å². The molecule has 0 saturated carbocycles. The van der Waals surface area contributed by atoms with Crippen LogP contribution in [0.5, 0.6) is 0 Å². The minimum Gasteiger partial charge on any atom is -0.347 e. The van der Waals surface area contributed by atoms with Crippen LogP contribution in [0.4, 0.5) is 0 Å². The summed E-state index contributed by atoms with van der Waals surface area (Å²) in [6, 6.07) is 8.16. The number of imidazole rings is 1. The molecule has 4 rings (SSSR count). The maximum Gasteiger partial charge on any atom is 0.256 e. The zero-order valence-electron chi connectivity index (χ0n) is 16.2. The monoisotopic (exact) mass is 350 g/mol. The number of aromatic nitrogens is 3. The van der Waals surface area contributed by atoms with E-state index in [-0.39, 0.29) is 11.4 Å². The molecule has 0 spiro atoms. The summed E-state index contributed by atoms with van der Waals surface area (Å²) in [6.45, 7) is 9.89. The number of aryl methyl sites for hydroxylation is 1. The van der Waals surface area contributed by atoms with Crippen molar-refractivity contribution in [2.24, 2.45) is 7.05 Å². The van der Waals surface area contributed by atoms with E-state index in [9.17, 15) is 4.79 Å². The zero-order valence-corrected chi connectivity index (χ0v) is 16.2. The first-order valence-electron chi connectivity index (χ1n) is 9.18. The first-order chi connectivity index (χ1) is 12.3. The molecule has 0 N–H and O–H groups in total. The van der Waals surface area contributed by atoms with Gasteiger partial charge in [-0.1, -0.05) is 18.2 Å². The summed E-state index contributed by atoms with van der Waals surface area (Å²) in [5, 5.41) is 1.05. The van der Waals surface area contributed by atoms with Crippen LogP contribution in [-0.2, 0) is 25.6 Å². The van der Waals surface area contributed by atoms with Crippen molar-refractivity contribution in [2.45, 2.75) is 46.2 Å². The third kappa shape index (κ3) is 2.45. The molecule has 1 aliphatic rings. The number of fused-ring (bicyclic) bond motifs is 3. The lowest BCUT2D eigenvalue weighted by molar-refractivity contribution is 0.0725. The molecule has 3 aromatic rings. The van der Waals surface area contributed by atoms with Crippen molar-refractivity contribution in [2.75, 3.05) is 6.54 Å². The van der Waals surface area contributed by atoms with E-state index in [0.29, 0.717) is 6.54 Å². The van der Waals surface area contributed by atoms with E-state index in [1.807, 2.05) is 23.4 Å². The van der Waals surface area contributed by atoms with E-state index < -0.39 is 0 Å². The molecule has 0 fully saturated rings. The van der Waals surface area contributed by atoms with Gasteiger partial charge in [-0.15, -0.1) is 0 Å². The first-order valence-corrected chi connectivity index (χ1v) is 9.18. The Hall–Kier alpha value is -2.56. The van der Waals surface area contributed by atoms with Crippen molar-refractivity contribution in [3.05, 3.63) is 53.2 Å². The van der Waals surface area contributed by atoms with Gasteiger partial charge in [-0.3, -0.25) is 4.79 Å². The summed E-state index contributed by atoms with van der Waals surface area (Å²) in [5.74, 6) is 0.118. The van der Waals surface area contributed by atoms with Crippen LogP contribution in [0.15, 0.2) is 30.6 Å². The largest absolute Gasteiger partial charge is 0.347 e. The van der Waals surface area contributed by atoms with Crippen LogP contribution in [0.25, 0.3) is 10.9 Å². The Morgan fingerprint density at radius 2 is 1.92 bits per heavy atom. The highest BCUT2D eigenvalue weighted by atomic mass is 16.2. The van der Waals surface area contributed by atoms with Crippen molar-refractivity contribution in [3.63, 3.8) is 0 Å². The van der Waals surface area contributed by atoms with Gasteiger partial charge < -0.3 is 14.0 Å². The second kappa shape index (κ2) is 5.73. The maximum absolute atomic E-state index is 13.2. The molecule has 0 unspecified atom stereocenters. The fraction of sp³-hybridized carbons (Fsp3) is 0.429. The lowest BCUT2D eigenvalue weighted by Gasteiger charge is -2.28. The molecule has 3 heterocycles. The average molecular weight is 350 g/mol. The number of carbonyl (C=O) groups excluding carboxylic acids is 1. The number of hydrogen-bond donors (Lipinski definition) is 0. The number of amides is 1. The number of rotatable bonds is 2. The molecule has 1 aliphatic heterocycles. The van der Waals surface area contributed by atoms with Crippen molar-refractivity contribution in [1.29, 1.82) is 0 Å². The standard InChI is InChI=1S/C21H26N4O/c1-14-16(22-13-25(14)21(2,3)4)12-24-11-10-18-19(20(24)26)15-8-6-7-9-17(15)23(18)5/h6-9,13H,10-12H2,1-5H3. The topological polar surface area (TPSA) is 43.1 Å². The Morgan fingerprint density at radius 1 is 1.19 bits per heavy atom. The number of benzene rings is 1. The van der Waals surface area contributed by atoms with Gasteiger partial charge in [0.2, 0.25) is 0 Å². The lowest BCUT2D eigenvalue weighted by Crippen LogP contribution is -2.37. The van der Waals surface area contributed by atoms with E-state index in [4.69, 9.17) is 0 Å². The summed E-state index contributed by atoms with van der Waals surface area (Å²) in [4.78, 5) is 19.8. The molecule has 0 radical (unpaired) electrons. The van der Waals surface area contributed by atoms with Crippen molar-refractivity contribution < 1.29 is 4.79 Å². The molecule has 5 nitrogen and oxygen atoms in total. The van der Waals surface area contributed by atoms with Gasteiger partial charge in [0, 0.05) is 47.8 Å². The lowest BCUT2D eigenvalue weighted by atomic mass is 10.0. The van der Waals surface area contributed by atoms with Crippen LogP contribution < -0.4 is 0 Å². The van der Waals surface area contributed by atoms with Gasteiger partial charge in [0.1, 0.15) is 0 Å². The van der Waals surface area contributed by atoms with Crippen molar-refractivity contribution in [3.8, 4) is 0 Å². The minimum atomic E-state index is -0.00988. The third-order valence-electron chi connectivity index (χ3n) is 5.52. The summed E-state index contributed by atoms with van der Waals surface area (Å²) < 4.78 is 4.35. The molecule has 1 amide bonds. The van der Waals surface area contributed by atoms with Crippen LogP contribution in [0.1, 0.15) is 48.2 Å². The second-order valence-corrected chi connectivity index (χ2v) is 8.19. The highest BCUT2D eigenvalue weighted by Crippen LogP contribution is 2.31. The molecule has 0 atom stereocenters. The summed E-state index contributed by atoms with van der Waals surface area (Å²) in [5.41, 5.74) is 5.24. The van der Waals surface area contributed by atoms with Crippen LogP contribution in [0.2, 0.25) is 0 Å². The van der Waals surface area contributed by atoms with E-state index in [2.05, 4.69) is 61.0 Å². The molecule has 5 heteroatoms. The van der Waals surface area contributed by atoms with Gasteiger partial charge in [-0.05, 0) is 33.8 Å². The van der Waals surface area contributed by atoms with Crippen LogP contribution in [0.3, 0.4) is 0 Å². The fourth-order valence-electron chi connectivity index (χ4n) is 4.09. The quantitative estimate of drug-likeness (QED) is 0.708. The molecule has 0 saturated heterocycles. The second-order valence-electron chi connectivity index (χ2n) is 8.19. The van der Waals surface area contributed by atoms with E-state index in [1.54, 1.807) is 0 Å².